The minimum atomic E-state index is -5.83. The van der Waals surface area contributed by atoms with E-state index >= 15 is 0 Å². The summed E-state index contributed by atoms with van der Waals surface area (Å²) < 4.78 is 223. The highest BCUT2D eigenvalue weighted by Gasteiger charge is 2.53. The molecule has 7 fully saturated rings. The van der Waals surface area contributed by atoms with Gasteiger partial charge in [0, 0.05) is 139 Å². The first-order valence-electron chi connectivity index (χ1n) is 45.4. The van der Waals surface area contributed by atoms with E-state index in [4.69, 9.17) is 102 Å². The monoisotopic (exact) mass is 2270 g/mol. The van der Waals surface area contributed by atoms with Crippen molar-refractivity contribution in [2.45, 2.75) is 248 Å². The number of phosphoric acid groups is 7. The van der Waals surface area contributed by atoms with Crippen molar-refractivity contribution < 1.29 is 168 Å². The first-order chi connectivity index (χ1) is 70.4. The van der Waals surface area contributed by atoms with Gasteiger partial charge in [0.2, 0.25) is 0 Å². The van der Waals surface area contributed by atoms with Gasteiger partial charge in [-0.2, -0.15) is 0 Å². The molecule has 7 aliphatic rings. The fraction of sp³-hybridized carbons (Fsp3) is 0.632. The smallest absolute Gasteiger partial charge is 0.390 e. The largest absolute Gasteiger partial charge is 0.472 e. The number of hydrogen-bond donors (Lipinski definition) is 15. The normalized spacial score (nSPS) is 28.8. The number of nitrogens with one attached hydrogen (secondary N) is 7. The second-order valence-electron chi connectivity index (χ2n) is 35.4. The maximum Gasteiger partial charge on any atom is 0.472 e. The molecule has 0 spiro atoms. The van der Waals surface area contributed by atoms with Crippen molar-refractivity contribution in [1.29, 1.82) is 0 Å². The molecule has 150 heavy (non-hydrogen) atoms. The van der Waals surface area contributed by atoms with Crippen molar-refractivity contribution in [3.63, 3.8) is 0 Å². The van der Waals surface area contributed by atoms with Crippen LogP contribution in [-0.4, -0.2) is 251 Å². The SMILES string of the molecule is Cc1cn([C@H]2C[C@H](OP(=O)(O)OC[C@H]3O[C@@H](n4cc(C)c(=O)[nH]c4=O)C[C@@H]3OP(=O)(O)OC[C@H]3O[C@@H](n4cc(C)c(=O)[nH]c4=O)C[C@@H]3OP(=O)(O)OC[C@H]3O[C@@H](n4cc(C)c(=O)[nH]c4=O)C[C@@H]3OP(=O)(O)OC[C@H]3O[C@@H](n4cc(C)c(=O)[nH]c4=O)C[C@@H]3OP(=O)(O)OC[C@H]3O[C@@H](n4cc(C)c(=O)[nH]c4=O)C[C@@H]3OP(=O)(O)OC[C@H]3O[C@@H](n4cc(C)c(=O)[nH]c4=O)C[C@@H]3O)[C@@H](COP(=O)(O)OCCCCCCN=[N+]=[N-])O2)c(=O)[nH]c1=O. The molecule has 7 aromatic rings. The number of aliphatic hydroxyl groups is 1. The quantitative estimate of drug-likeness (QED) is 0.00743. The molecule has 0 aliphatic carbocycles. The second-order valence-corrected chi connectivity index (χ2v) is 45.3. The van der Waals surface area contributed by atoms with Crippen LogP contribution >= 0.6 is 54.8 Å². The average molecular weight is 2270 g/mol. The molecule has 0 bridgehead atoms. The summed E-state index contributed by atoms with van der Waals surface area (Å²) in [5.74, 6) is 0. The van der Waals surface area contributed by atoms with Crippen molar-refractivity contribution in [3.8, 4) is 0 Å². The maximum atomic E-state index is 14.6. The van der Waals surface area contributed by atoms with Gasteiger partial charge in [-0.1, -0.05) is 18.0 Å². The van der Waals surface area contributed by atoms with Crippen LogP contribution in [0.3, 0.4) is 0 Å². The van der Waals surface area contributed by atoms with Crippen molar-refractivity contribution in [3.05, 3.63) is 239 Å². The molecule has 828 valence electrons. The number of H-pyrrole nitrogens is 7. The minimum Gasteiger partial charge on any atom is -0.390 e. The van der Waals surface area contributed by atoms with Crippen LogP contribution in [0.15, 0.2) is 116 Å². The fourth-order valence-corrected chi connectivity index (χ4v) is 23.2. The number of aryl methyl sites for hydroxylation is 7. The number of rotatable bonds is 48. The van der Waals surface area contributed by atoms with Crippen LogP contribution in [0.4, 0.5) is 0 Å². The van der Waals surface area contributed by atoms with Gasteiger partial charge < -0.3 is 72.5 Å². The Hall–Kier alpha value is -9.48. The molecule has 14 rings (SSSR count). The van der Waals surface area contributed by atoms with E-state index < -0.39 is 347 Å². The van der Waals surface area contributed by atoms with Gasteiger partial charge in [0.1, 0.15) is 123 Å². The van der Waals surface area contributed by atoms with Gasteiger partial charge in [0.05, 0.1) is 59.0 Å². The Labute approximate surface area is 837 Å². The third kappa shape index (κ3) is 29.6. The highest BCUT2D eigenvalue weighted by Crippen LogP contribution is 2.58. The van der Waals surface area contributed by atoms with Crippen LogP contribution in [-0.2, 0) is 128 Å². The van der Waals surface area contributed by atoms with Crippen LogP contribution in [0.5, 0.6) is 0 Å². The Kier molecular flexibility index (Phi) is 37.0. The summed E-state index contributed by atoms with van der Waals surface area (Å²) in [6.07, 6.45) is -31.5. The zero-order valence-electron chi connectivity index (χ0n) is 79.6. The molecule has 15 N–H and O–H groups in total. The Morgan fingerprint density at radius 2 is 0.467 bits per heavy atom. The molecule has 67 nitrogen and oxygen atoms in total. The summed E-state index contributed by atoms with van der Waals surface area (Å²) >= 11 is 0. The Bertz CT molecular complexity index is 7400. The molecule has 0 amide bonds. The molecule has 7 aliphatic heterocycles. The molecule has 7 aromatic heterocycles. The van der Waals surface area contributed by atoms with Gasteiger partial charge in [-0.25, -0.2) is 65.5 Å². The van der Waals surface area contributed by atoms with Gasteiger partial charge >= 0.3 is 94.6 Å². The number of ether oxygens (including phenoxy) is 7. The van der Waals surface area contributed by atoms with Crippen molar-refractivity contribution in [2.75, 3.05) is 59.4 Å². The number of aromatic amines is 7. The zero-order valence-corrected chi connectivity index (χ0v) is 85.9. The van der Waals surface area contributed by atoms with E-state index in [1.54, 1.807) is 0 Å². The standard InChI is InChI=1S/C76H104N17O50P7/c1-35-21-87(70(102)79-63(35)95)56-14-42(94)49(131-56)28-125-145(111,112)138-44-16-58(89-23-37(3)65(97)81-72(89)104)133-51(44)30-127-147(115,116)140-46-18-60(91-25-39(5)67(99)83-74(91)106)135-53(46)32-129-149(119,120)142-48-20-62(93-27-41(7)69(101)85-76(93)108)137-55(48)34-130-150(121,122)143-47-19-61(92-26-40(6)68(100)84-75(92)107)136-54(47)33-128-148(117,118)141-45-17-59(90-24-38(4)66(98)82-73(90)105)134-52(45)31-126-146(113,114)139-43-15-57(88-22-36(2)64(96)80-71(88)103)132-50(43)29-124-144(109,110)123-13-11-9-8-10-12-78-86-77/h21-27,42-62,94H,8-20,28-34H2,1-7H3,(H,109,110)(H,111,112)(H,113,114)(H,115,116)(H,117,118)(H,119,120)(H,121,122)(H,79,95,102)(H,80,96,103)(H,81,97,104)(H,82,98,105)(H,83,99,106)(H,84,100,107)(H,85,101,108)/t42-,43-,44-,45-,46-,47-,48-,49+,50+,51+,52+,53+,54+,55+,56+,57+,58+,59+,60+,61+,62+/m0/s1. The van der Waals surface area contributed by atoms with E-state index in [9.17, 15) is 138 Å². The Balaban J connectivity index is 0.659. The van der Waals surface area contributed by atoms with E-state index in [0.717, 1.165) is 75.3 Å². The average Bonchev–Trinajstić information content (AvgIpc) is 1.66. The first kappa shape index (κ1) is 116. The molecule has 7 unspecified atom stereocenters. The molecule has 0 radical (unpaired) electrons. The fourth-order valence-electron chi connectivity index (χ4n) is 16.7. The van der Waals surface area contributed by atoms with Crippen molar-refractivity contribution in [2.24, 2.45) is 5.11 Å². The van der Waals surface area contributed by atoms with Gasteiger partial charge in [-0.05, 0) is 66.8 Å². The van der Waals surface area contributed by atoms with E-state index in [0.29, 0.717) is 19.3 Å². The predicted molar refractivity (Wildman–Crippen MR) is 496 cm³/mol. The summed E-state index contributed by atoms with van der Waals surface area (Å²) in [7, 11) is -39.1. The number of aliphatic hydroxyl groups excluding tert-OH is 1. The van der Waals surface area contributed by atoms with Crippen molar-refractivity contribution in [1.82, 2.24) is 66.9 Å². The van der Waals surface area contributed by atoms with Crippen LogP contribution in [0.25, 0.3) is 10.4 Å². The summed E-state index contributed by atoms with van der Waals surface area (Å²) in [6, 6.07) is 0. The van der Waals surface area contributed by atoms with Gasteiger partial charge in [0.25, 0.3) is 38.9 Å². The Morgan fingerprint density at radius 3 is 0.673 bits per heavy atom. The molecular weight excluding hydrogens is 2170 g/mol. The number of aromatic nitrogens is 14. The van der Waals surface area contributed by atoms with E-state index in [2.05, 4.69) is 20.0 Å². The molecule has 7 saturated heterocycles. The predicted octanol–water partition coefficient (Wildman–Crippen LogP) is -0.612. The molecule has 74 heteroatoms. The van der Waals surface area contributed by atoms with Crippen LogP contribution in [0, 0.1) is 48.5 Å². The lowest BCUT2D eigenvalue weighted by Crippen LogP contribution is -2.33. The lowest BCUT2D eigenvalue weighted by molar-refractivity contribution is -0.0661. The summed E-state index contributed by atoms with van der Waals surface area (Å²) in [5, 5.41) is 14.3. The van der Waals surface area contributed by atoms with Crippen LogP contribution in [0.1, 0.15) is 153 Å². The summed E-state index contributed by atoms with van der Waals surface area (Å²) in [4.78, 5) is 277. The lowest BCUT2D eigenvalue weighted by Gasteiger charge is -2.26. The van der Waals surface area contributed by atoms with Gasteiger partial charge in [0.15, 0.2) is 0 Å². The highest BCUT2D eigenvalue weighted by atomic mass is 31.2. The first-order valence-corrected chi connectivity index (χ1v) is 55.9. The highest BCUT2D eigenvalue weighted by molar-refractivity contribution is 7.49. The Morgan fingerprint density at radius 1 is 0.287 bits per heavy atom. The summed E-state index contributed by atoms with van der Waals surface area (Å²) in [6.45, 7) is 0.878. The zero-order chi connectivity index (χ0) is 109. The van der Waals surface area contributed by atoms with Gasteiger partial charge in [-0.15, -0.1) is 0 Å². The number of nitrogens with zero attached hydrogens (tertiary/aromatic N) is 10. The molecule has 0 aromatic carbocycles. The van der Waals surface area contributed by atoms with Crippen LogP contribution in [0.2, 0.25) is 0 Å². The van der Waals surface area contributed by atoms with E-state index in [1.165, 1.54) is 48.5 Å². The number of azide groups is 1. The van der Waals surface area contributed by atoms with Crippen LogP contribution < -0.4 is 78.7 Å². The number of unbranched alkanes of at least 4 members (excludes halogenated alkanes) is 3. The minimum absolute atomic E-state index is 0.0140. The summed E-state index contributed by atoms with van der Waals surface area (Å²) in [5.41, 5.74) is -5.41. The second kappa shape index (κ2) is 47.9. The van der Waals surface area contributed by atoms with E-state index in [-0.39, 0.29) is 64.9 Å². The topological polar surface area (TPSA) is 908 Å². The number of hydrogen-bond acceptors (Lipinski definition) is 44. The molecule has 28 atom stereocenters. The van der Waals surface area contributed by atoms with E-state index in [1.807, 2.05) is 24.9 Å². The molecule has 0 saturated carbocycles. The van der Waals surface area contributed by atoms with Crippen molar-refractivity contribution >= 4 is 54.8 Å². The third-order valence-electron chi connectivity index (χ3n) is 24.4. The molecular formula is C76H104N17O50P7. The number of phosphoric ester groups is 7. The maximum absolute atomic E-state index is 14.6. The lowest BCUT2D eigenvalue weighted by atomic mass is 10.2. The third-order valence-corrected chi connectivity index (χ3v) is 31.4. The van der Waals surface area contributed by atoms with Gasteiger partial charge in [-0.3, -0.25) is 164 Å². The molecule has 14 heterocycles.